The lowest BCUT2D eigenvalue weighted by Crippen LogP contribution is -2.25. The van der Waals surface area contributed by atoms with Gasteiger partial charge in [0.25, 0.3) is 0 Å². The summed E-state index contributed by atoms with van der Waals surface area (Å²) in [6.45, 7) is 12.1. The smallest absolute Gasteiger partial charge is 0.0216 e. The van der Waals surface area contributed by atoms with Gasteiger partial charge in [-0.15, -0.1) is 0 Å². The highest BCUT2D eigenvalue weighted by Crippen LogP contribution is 2.31. The Morgan fingerprint density at radius 1 is 1.26 bits per heavy atom. The highest BCUT2D eigenvalue weighted by molar-refractivity contribution is 7.08. The number of aryl methyl sites for hydroxylation is 1. The van der Waals surface area contributed by atoms with Crippen molar-refractivity contribution in [2.75, 3.05) is 13.1 Å². The molecule has 19 heavy (non-hydrogen) atoms. The van der Waals surface area contributed by atoms with Crippen molar-refractivity contribution in [3.05, 3.63) is 21.9 Å². The summed E-state index contributed by atoms with van der Waals surface area (Å²) in [5.74, 6) is 0.738. The fraction of sp³-hybridized carbons (Fsp3) is 0.750. The average Bonchev–Trinajstić information content (AvgIpc) is 2.72. The molecule has 0 bridgehead atoms. The number of nitrogens with one attached hydrogen (secondary N) is 1. The fourth-order valence-electron chi connectivity index (χ4n) is 2.48. The van der Waals surface area contributed by atoms with Crippen LogP contribution in [-0.4, -0.2) is 13.1 Å². The predicted molar refractivity (Wildman–Crippen MR) is 86.6 cm³/mol. The zero-order valence-corrected chi connectivity index (χ0v) is 13.8. The van der Waals surface area contributed by atoms with Crippen molar-refractivity contribution in [2.45, 2.75) is 53.5 Å². The van der Waals surface area contributed by atoms with Gasteiger partial charge >= 0.3 is 0 Å². The van der Waals surface area contributed by atoms with Gasteiger partial charge in [-0.2, -0.15) is 11.3 Å². The molecule has 110 valence electrons. The Labute approximate surface area is 122 Å². The molecule has 1 aromatic rings. The first-order chi connectivity index (χ1) is 8.95. The lowest BCUT2D eigenvalue weighted by Gasteiger charge is -2.30. The molecule has 0 aliphatic heterocycles. The molecule has 0 aromatic carbocycles. The molecule has 0 radical (unpaired) electrons. The molecule has 0 spiro atoms. The summed E-state index contributed by atoms with van der Waals surface area (Å²) in [6.07, 6.45) is 3.66. The van der Waals surface area contributed by atoms with E-state index in [1.807, 2.05) is 0 Å². The first-order valence-electron chi connectivity index (χ1n) is 7.37. The maximum atomic E-state index is 5.72. The van der Waals surface area contributed by atoms with E-state index in [1.165, 1.54) is 24.0 Å². The third-order valence-electron chi connectivity index (χ3n) is 3.92. The Morgan fingerprint density at radius 3 is 2.53 bits per heavy atom. The van der Waals surface area contributed by atoms with E-state index in [4.69, 9.17) is 5.73 Å². The van der Waals surface area contributed by atoms with Crippen LogP contribution < -0.4 is 11.1 Å². The van der Waals surface area contributed by atoms with Crippen LogP contribution in [0.2, 0.25) is 0 Å². The molecule has 0 saturated heterocycles. The average molecular weight is 282 g/mol. The number of hydrogen-bond acceptors (Lipinski definition) is 3. The van der Waals surface area contributed by atoms with Gasteiger partial charge in [-0.1, -0.05) is 20.8 Å². The Hall–Kier alpha value is -0.380. The summed E-state index contributed by atoms with van der Waals surface area (Å²) in [7, 11) is 0. The van der Waals surface area contributed by atoms with E-state index in [9.17, 15) is 0 Å². The van der Waals surface area contributed by atoms with Crippen molar-refractivity contribution < 1.29 is 0 Å². The summed E-state index contributed by atoms with van der Waals surface area (Å²) in [5.41, 5.74) is 8.96. The number of nitrogens with two attached hydrogens (primary N) is 1. The maximum Gasteiger partial charge on any atom is 0.0216 e. The second-order valence-electron chi connectivity index (χ2n) is 6.54. The van der Waals surface area contributed by atoms with Crippen molar-refractivity contribution in [1.82, 2.24) is 5.32 Å². The molecule has 0 aliphatic rings. The van der Waals surface area contributed by atoms with Gasteiger partial charge in [-0.05, 0) is 72.5 Å². The number of hydrogen-bond donors (Lipinski definition) is 2. The van der Waals surface area contributed by atoms with E-state index in [0.29, 0.717) is 5.41 Å². The molecule has 2 nitrogen and oxygen atoms in total. The first kappa shape index (κ1) is 16.7. The third kappa shape index (κ3) is 6.07. The Bertz CT molecular complexity index is 352. The van der Waals surface area contributed by atoms with Crippen LogP contribution >= 0.6 is 11.3 Å². The van der Waals surface area contributed by atoms with Gasteiger partial charge in [0.2, 0.25) is 0 Å². The van der Waals surface area contributed by atoms with Crippen molar-refractivity contribution in [1.29, 1.82) is 0 Å². The minimum absolute atomic E-state index is 0.378. The minimum Gasteiger partial charge on any atom is -0.330 e. The SMILES string of the molecule is Cc1cscc1CNCCCC(CCN)C(C)(C)C. The normalized spacial score (nSPS) is 13.7. The molecular formula is C16H30N2S. The van der Waals surface area contributed by atoms with Gasteiger partial charge in [-0.3, -0.25) is 0 Å². The molecule has 0 aliphatic carbocycles. The molecule has 1 heterocycles. The van der Waals surface area contributed by atoms with E-state index in [2.05, 4.69) is 43.8 Å². The van der Waals surface area contributed by atoms with E-state index >= 15 is 0 Å². The van der Waals surface area contributed by atoms with Gasteiger partial charge < -0.3 is 11.1 Å². The van der Waals surface area contributed by atoms with E-state index < -0.39 is 0 Å². The minimum atomic E-state index is 0.378. The number of thiophene rings is 1. The van der Waals surface area contributed by atoms with Crippen molar-refractivity contribution in [3.63, 3.8) is 0 Å². The second-order valence-corrected chi connectivity index (χ2v) is 7.28. The Balaban J connectivity index is 2.20. The van der Waals surface area contributed by atoms with Gasteiger partial charge in [0, 0.05) is 6.54 Å². The zero-order valence-electron chi connectivity index (χ0n) is 13.0. The summed E-state index contributed by atoms with van der Waals surface area (Å²) >= 11 is 1.79. The lowest BCUT2D eigenvalue weighted by atomic mass is 9.76. The lowest BCUT2D eigenvalue weighted by molar-refractivity contribution is 0.210. The number of rotatable bonds is 8. The van der Waals surface area contributed by atoms with E-state index in [0.717, 1.165) is 32.0 Å². The second kappa shape index (κ2) is 8.03. The van der Waals surface area contributed by atoms with Crippen LogP contribution in [0.15, 0.2) is 10.8 Å². The van der Waals surface area contributed by atoms with Crippen molar-refractivity contribution in [3.8, 4) is 0 Å². The molecule has 1 atom stereocenters. The van der Waals surface area contributed by atoms with E-state index in [1.54, 1.807) is 11.3 Å². The first-order valence-corrected chi connectivity index (χ1v) is 8.32. The molecule has 0 fully saturated rings. The van der Waals surface area contributed by atoms with Gasteiger partial charge in [0.1, 0.15) is 0 Å². The van der Waals surface area contributed by atoms with Crippen LogP contribution in [0.1, 0.15) is 51.2 Å². The summed E-state index contributed by atoms with van der Waals surface area (Å²) in [6, 6.07) is 0. The Morgan fingerprint density at radius 2 is 2.00 bits per heavy atom. The topological polar surface area (TPSA) is 38.0 Å². The largest absolute Gasteiger partial charge is 0.330 e. The van der Waals surface area contributed by atoms with Gasteiger partial charge in [0.05, 0.1) is 0 Å². The third-order valence-corrected chi connectivity index (χ3v) is 4.83. The highest BCUT2D eigenvalue weighted by Gasteiger charge is 2.22. The van der Waals surface area contributed by atoms with Crippen LogP contribution in [0.3, 0.4) is 0 Å². The van der Waals surface area contributed by atoms with Crippen molar-refractivity contribution in [2.24, 2.45) is 17.1 Å². The molecular weight excluding hydrogens is 252 g/mol. The van der Waals surface area contributed by atoms with Crippen LogP contribution in [-0.2, 0) is 6.54 Å². The summed E-state index contributed by atoms with van der Waals surface area (Å²) < 4.78 is 0. The Kier molecular flexibility index (Phi) is 7.05. The predicted octanol–water partition coefficient (Wildman–Crippen LogP) is 3.94. The molecule has 3 N–H and O–H groups in total. The van der Waals surface area contributed by atoms with Crippen LogP contribution in [0.25, 0.3) is 0 Å². The van der Waals surface area contributed by atoms with Gasteiger partial charge in [-0.25, -0.2) is 0 Å². The monoisotopic (exact) mass is 282 g/mol. The van der Waals surface area contributed by atoms with Crippen LogP contribution in [0.4, 0.5) is 0 Å². The standard InChI is InChI=1S/C16H30N2S/c1-13-11-19-12-14(13)10-18-9-5-6-15(7-8-17)16(2,3)4/h11-12,15,18H,5-10,17H2,1-4H3. The van der Waals surface area contributed by atoms with Crippen molar-refractivity contribution >= 4 is 11.3 Å². The molecule has 1 aromatic heterocycles. The summed E-state index contributed by atoms with van der Waals surface area (Å²) in [4.78, 5) is 0. The maximum absolute atomic E-state index is 5.72. The fourth-order valence-corrected chi connectivity index (χ4v) is 3.33. The summed E-state index contributed by atoms with van der Waals surface area (Å²) in [5, 5.41) is 8.01. The zero-order chi connectivity index (χ0) is 14.3. The molecule has 1 rings (SSSR count). The molecule has 1 unspecified atom stereocenters. The molecule has 3 heteroatoms. The molecule has 0 saturated carbocycles. The molecule has 0 amide bonds. The van der Waals surface area contributed by atoms with Gasteiger partial charge in [0.15, 0.2) is 0 Å². The quantitative estimate of drug-likeness (QED) is 0.709. The van der Waals surface area contributed by atoms with Crippen LogP contribution in [0.5, 0.6) is 0 Å². The van der Waals surface area contributed by atoms with Crippen LogP contribution in [0, 0.1) is 18.3 Å². The highest BCUT2D eigenvalue weighted by atomic mass is 32.1. The van der Waals surface area contributed by atoms with E-state index in [-0.39, 0.29) is 0 Å².